The first-order chi connectivity index (χ1) is 12.8. The van der Waals surface area contributed by atoms with Gasteiger partial charge in [0.05, 0.1) is 11.2 Å². The van der Waals surface area contributed by atoms with Gasteiger partial charge in [-0.2, -0.15) is 0 Å². The molecule has 1 aliphatic carbocycles. The average Bonchev–Trinajstić information content (AvgIpc) is 3.39. The molecule has 0 unspecified atom stereocenters. The van der Waals surface area contributed by atoms with E-state index in [4.69, 9.17) is 5.73 Å². The SMILES string of the molecule is Cc1c(N2C[C@@H](C)C[C@H](N)C2)c(F)cc2c(=O)c(C(=O)O)cn(C3CC3)c12. The predicted octanol–water partition coefficient (Wildman–Crippen LogP) is 2.66. The Morgan fingerprint density at radius 1 is 1.33 bits per heavy atom. The number of aromatic carboxylic acids is 1. The monoisotopic (exact) mass is 373 g/mol. The Labute approximate surface area is 156 Å². The molecule has 144 valence electrons. The molecule has 0 spiro atoms. The number of carbonyl (C=O) groups is 1. The Balaban J connectivity index is 1.98. The summed E-state index contributed by atoms with van der Waals surface area (Å²) in [4.78, 5) is 26.1. The molecule has 1 aromatic heterocycles. The second-order valence-electron chi connectivity index (χ2n) is 8.05. The summed E-state index contributed by atoms with van der Waals surface area (Å²) in [5.41, 5.74) is 6.98. The molecule has 0 amide bonds. The van der Waals surface area contributed by atoms with Crippen molar-refractivity contribution >= 4 is 22.6 Å². The van der Waals surface area contributed by atoms with Crippen molar-refractivity contribution in [3.8, 4) is 0 Å². The highest BCUT2D eigenvalue weighted by atomic mass is 19.1. The van der Waals surface area contributed by atoms with Crippen LogP contribution in [0.5, 0.6) is 0 Å². The van der Waals surface area contributed by atoms with E-state index in [-0.39, 0.29) is 23.0 Å². The van der Waals surface area contributed by atoms with Crippen LogP contribution in [0.2, 0.25) is 0 Å². The molecule has 3 N–H and O–H groups in total. The zero-order valence-electron chi connectivity index (χ0n) is 15.5. The second kappa shape index (κ2) is 6.34. The zero-order valence-corrected chi connectivity index (χ0v) is 15.5. The molecular weight excluding hydrogens is 349 g/mol. The lowest BCUT2D eigenvalue weighted by molar-refractivity contribution is 0.0695. The smallest absolute Gasteiger partial charge is 0.341 e. The van der Waals surface area contributed by atoms with E-state index in [2.05, 4.69) is 6.92 Å². The molecule has 2 aromatic rings. The van der Waals surface area contributed by atoms with Gasteiger partial charge < -0.3 is 20.3 Å². The van der Waals surface area contributed by atoms with Gasteiger partial charge in [-0.1, -0.05) is 6.92 Å². The first kappa shape index (κ1) is 18.0. The molecule has 0 radical (unpaired) electrons. The van der Waals surface area contributed by atoms with E-state index in [1.165, 1.54) is 12.3 Å². The number of hydrogen-bond acceptors (Lipinski definition) is 4. The van der Waals surface area contributed by atoms with Gasteiger partial charge in [-0.3, -0.25) is 4.79 Å². The van der Waals surface area contributed by atoms with Crippen molar-refractivity contribution in [2.24, 2.45) is 11.7 Å². The maximum absolute atomic E-state index is 15.1. The van der Waals surface area contributed by atoms with E-state index in [1.807, 2.05) is 16.4 Å². The molecule has 6 nitrogen and oxygen atoms in total. The number of aromatic nitrogens is 1. The summed E-state index contributed by atoms with van der Waals surface area (Å²) in [6, 6.07) is 1.34. The number of fused-ring (bicyclic) bond motifs is 1. The number of anilines is 1. The molecule has 1 aromatic carbocycles. The number of benzene rings is 1. The van der Waals surface area contributed by atoms with Crippen LogP contribution in [-0.4, -0.2) is 34.8 Å². The van der Waals surface area contributed by atoms with Crippen molar-refractivity contribution in [2.75, 3.05) is 18.0 Å². The molecule has 4 rings (SSSR count). The maximum Gasteiger partial charge on any atom is 0.341 e. The first-order valence-electron chi connectivity index (χ1n) is 9.39. The number of pyridine rings is 1. The molecular formula is C20H24FN3O3. The van der Waals surface area contributed by atoms with Gasteiger partial charge in [0, 0.05) is 36.8 Å². The highest BCUT2D eigenvalue weighted by Crippen LogP contribution is 2.40. The third-order valence-electron chi connectivity index (χ3n) is 5.66. The van der Waals surface area contributed by atoms with Crippen molar-refractivity contribution in [1.82, 2.24) is 4.57 Å². The highest BCUT2D eigenvalue weighted by Gasteiger charge is 2.31. The number of rotatable bonds is 3. The molecule has 2 aliphatic rings. The summed E-state index contributed by atoms with van der Waals surface area (Å²) in [6.07, 6.45) is 4.17. The summed E-state index contributed by atoms with van der Waals surface area (Å²) in [5.74, 6) is -1.43. The molecule has 0 bridgehead atoms. The highest BCUT2D eigenvalue weighted by molar-refractivity contribution is 5.95. The Hall–Kier alpha value is -2.41. The molecule has 27 heavy (non-hydrogen) atoms. The van der Waals surface area contributed by atoms with Crippen molar-refractivity contribution < 1.29 is 14.3 Å². The first-order valence-corrected chi connectivity index (χ1v) is 9.39. The van der Waals surface area contributed by atoms with Crippen LogP contribution >= 0.6 is 0 Å². The summed E-state index contributed by atoms with van der Waals surface area (Å²) in [7, 11) is 0. The minimum Gasteiger partial charge on any atom is -0.477 e. The van der Waals surface area contributed by atoms with Crippen LogP contribution in [0.3, 0.4) is 0 Å². The summed E-state index contributed by atoms with van der Waals surface area (Å²) >= 11 is 0. The van der Waals surface area contributed by atoms with Crippen LogP contribution in [0.1, 0.15) is 48.1 Å². The van der Waals surface area contributed by atoms with Crippen molar-refractivity contribution in [3.05, 3.63) is 39.4 Å². The van der Waals surface area contributed by atoms with Crippen LogP contribution < -0.4 is 16.1 Å². The number of halogens is 1. The van der Waals surface area contributed by atoms with Crippen LogP contribution in [0, 0.1) is 18.7 Å². The number of hydrogen-bond donors (Lipinski definition) is 2. The lowest BCUT2D eigenvalue weighted by Crippen LogP contribution is -2.47. The topological polar surface area (TPSA) is 88.6 Å². The van der Waals surface area contributed by atoms with Gasteiger partial charge in [0.15, 0.2) is 0 Å². The fourth-order valence-corrected chi connectivity index (χ4v) is 4.43. The lowest BCUT2D eigenvalue weighted by Gasteiger charge is -2.37. The molecule has 1 aliphatic heterocycles. The normalized spacial score (nSPS) is 23.0. The van der Waals surface area contributed by atoms with Crippen molar-refractivity contribution in [1.29, 1.82) is 0 Å². The third kappa shape index (κ3) is 3.00. The van der Waals surface area contributed by atoms with E-state index in [0.29, 0.717) is 35.8 Å². The summed E-state index contributed by atoms with van der Waals surface area (Å²) < 4.78 is 17.0. The molecule has 2 heterocycles. The van der Waals surface area contributed by atoms with E-state index >= 15 is 4.39 Å². The zero-order chi connectivity index (χ0) is 19.5. The fraction of sp³-hybridized carbons (Fsp3) is 0.500. The van der Waals surface area contributed by atoms with Gasteiger partial charge in [-0.05, 0) is 43.7 Å². The Morgan fingerprint density at radius 3 is 2.63 bits per heavy atom. The lowest BCUT2D eigenvalue weighted by atomic mass is 9.94. The van der Waals surface area contributed by atoms with Crippen LogP contribution in [0.15, 0.2) is 17.1 Å². The molecule has 7 heteroatoms. The number of carboxylic acid groups (broad SMARTS) is 1. The Kier molecular flexibility index (Phi) is 4.22. The predicted molar refractivity (Wildman–Crippen MR) is 102 cm³/mol. The Bertz CT molecular complexity index is 986. The number of carboxylic acids is 1. The van der Waals surface area contributed by atoms with E-state index in [1.54, 1.807) is 0 Å². The summed E-state index contributed by atoms with van der Waals surface area (Å²) in [6.45, 7) is 5.18. The van der Waals surface area contributed by atoms with Gasteiger partial charge in [0.1, 0.15) is 11.4 Å². The van der Waals surface area contributed by atoms with Crippen LogP contribution in [-0.2, 0) is 0 Å². The van der Waals surface area contributed by atoms with Crippen LogP contribution in [0.25, 0.3) is 10.9 Å². The fourth-order valence-electron chi connectivity index (χ4n) is 4.43. The largest absolute Gasteiger partial charge is 0.477 e. The number of nitrogens with zero attached hydrogens (tertiary/aromatic N) is 2. The molecule has 1 saturated heterocycles. The quantitative estimate of drug-likeness (QED) is 0.863. The maximum atomic E-state index is 15.1. The van der Waals surface area contributed by atoms with E-state index in [0.717, 1.165) is 19.3 Å². The number of nitrogens with two attached hydrogens (primary N) is 1. The average molecular weight is 373 g/mol. The molecule has 2 atom stereocenters. The van der Waals surface area contributed by atoms with Gasteiger partial charge >= 0.3 is 5.97 Å². The number of piperidine rings is 1. The van der Waals surface area contributed by atoms with Gasteiger partial charge in [-0.25, -0.2) is 9.18 Å². The molecule has 2 fully saturated rings. The van der Waals surface area contributed by atoms with E-state index in [9.17, 15) is 14.7 Å². The molecule has 1 saturated carbocycles. The minimum atomic E-state index is -1.28. The second-order valence-corrected chi connectivity index (χ2v) is 8.05. The third-order valence-corrected chi connectivity index (χ3v) is 5.66. The Morgan fingerprint density at radius 2 is 2.04 bits per heavy atom. The van der Waals surface area contributed by atoms with Crippen molar-refractivity contribution in [3.63, 3.8) is 0 Å². The summed E-state index contributed by atoms with van der Waals surface area (Å²) in [5, 5.41) is 9.51. The van der Waals surface area contributed by atoms with E-state index < -0.39 is 17.2 Å². The van der Waals surface area contributed by atoms with Gasteiger partial charge in [0.25, 0.3) is 0 Å². The minimum absolute atomic E-state index is 0.0248. The van der Waals surface area contributed by atoms with Gasteiger partial charge in [0.2, 0.25) is 5.43 Å². The standard InChI is InChI=1S/C20H24FN3O3/c1-10-5-12(22)8-23(7-10)18-11(2)17-14(6-16(18)21)19(25)15(20(26)27)9-24(17)13-3-4-13/h6,9-10,12-13H,3-5,7-8,22H2,1-2H3,(H,26,27)/t10-,12-/m0/s1. The van der Waals surface area contributed by atoms with Crippen molar-refractivity contribution in [2.45, 2.75) is 45.2 Å². The van der Waals surface area contributed by atoms with Crippen LogP contribution in [0.4, 0.5) is 10.1 Å². The number of aryl methyl sites for hydroxylation is 1. The van der Waals surface area contributed by atoms with Gasteiger partial charge in [-0.15, -0.1) is 0 Å².